The van der Waals surface area contributed by atoms with Crippen molar-refractivity contribution >= 4 is 29.1 Å². The molecule has 0 saturated carbocycles. The third kappa shape index (κ3) is 5.46. The van der Waals surface area contributed by atoms with Crippen LogP contribution in [0, 0.1) is 0 Å². The zero-order valence-electron chi connectivity index (χ0n) is 20.0. The maximum Gasteiger partial charge on any atom is 0.275 e. The van der Waals surface area contributed by atoms with E-state index in [0.29, 0.717) is 11.5 Å². The van der Waals surface area contributed by atoms with Crippen LogP contribution >= 0.6 is 0 Å². The summed E-state index contributed by atoms with van der Waals surface area (Å²) in [5.41, 5.74) is 7.92. The van der Waals surface area contributed by atoms with Crippen LogP contribution in [0.25, 0.3) is 17.0 Å². The first-order valence-corrected chi connectivity index (χ1v) is 11.4. The molecule has 1 aromatic carbocycles. The van der Waals surface area contributed by atoms with Gasteiger partial charge in [-0.2, -0.15) is 10.1 Å². The van der Waals surface area contributed by atoms with E-state index < -0.39 is 11.8 Å². The number of anilines is 1. The lowest BCUT2D eigenvalue weighted by Crippen LogP contribution is -2.34. The molecule has 3 heterocycles. The molecule has 0 unspecified atom stereocenters. The van der Waals surface area contributed by atoms with Crippen molar-refractivity contribution in [1.82, 2.24) is 29.5 Å². The van der Waals surface area contributed by atoms with Crippen LogP contribution in [0.2, 0.25) is 0 Å². The zero-order valence-corrected chi connectivity index (χ0v) is 20.0. The molecule has 0 spiro atoms. The van der Waals surface area contributed by atoms with Crippen LogP contribution in [0.3, 0.4) is 0 Å². The second kappa shape index (κ2) is 11.1. The normalized spacial score (nSPS) is 12.1. The van der Waals surface area contributed by atoms with Crippen molar-refractivity contribution in [3.8, 4) is 11.3 Å². The van der Waals surface area contributed by atoms with Crippen LogP contribution in [0.15, 0.2) is 77.8 Å². The quantitative estimate of drug-likeness (QED) is 0.245. The number of amides is 2. The van der Waals surface area contributed by atoms with Gasteiger partial charge in [-0.05, 0) is 18.6 Å². The molecule has 11 heteroatoms. The van der Waals surface area contributed by atoms with Crippen molar-refractivity contribution in [2.75, 3.05) is 12.4 Å². The molecule has 4 aromatic rings. The molecule has 0 aliphatic rings. The van der Waals surface area contributed by atoms with E-state index in [2.05, 4.69) is 37.6 Å². The Balaban J connectivity index is 1.44. The fraction of sp³-hybridized carbons (Fsp3) is 0.200. The van der Waals surface area contributed by atoms with Crippen molar-refractivity contribution in [3.05, 3.63) is 78.5 Å². The van der Waals surface area contributed by atoms with Crippen LogP contribution in [-0.2, 0) is 22.7 Å². The first-order valence-electron chi connectivity index (χ1n) is 11.4. The Morgan fingerprint density at radius 3 is 2.61 bits per heavy atom. The molecular formula is C25H27N9O2. The highest BCUT2D eigenvalue weighted by Crippen LogP contribution is 2.18. The number of aryl methyl sites for hydroxylation is 1. The second-order valence-corrected chi connectivity index (χ2v) is 7.87. The van der Waals surface area contributed by atoms with Crippen LogP contribution in [0.1, 0.15) is 19.0 Å². The van der Waals surface area contributed by atoms with E-state index in [1.807, 2.05) is 48.8 Å². The Bertz CT molecular complexity index is 1430. The van der Waals surface area contributed by atoms with Gasteiger partial charge in [0.2, 0.25) is 5.78 Å². The van der Waals surface area contributed by atoms with Gasteiger partial charge in [0.15, 0.2) is 0 Å². The molecule has 0 bridgehead atoms. The van der Waals surface area contributed by atoms with Crippen molar-refractivity contribution in [1.29, 1.82) is 0 Å². The maximum absolute atomic E-state index is 13.0. The molecule has 0 radical (unpaired) electrons. The highest BCUT2D eigenvalue weighted by atomic mass is 16.2. The number of nitrogens with zero attached hydrogens (tertiary/aromatic N) is 6. The number of fused-ring (bicyclic) bond motifs is 1. The van der Waals surface area contributed by atoms with Gasteiger partial charge in [-0.15, -0.1) is 0 Å². The van der Waals surface area contributed by atoms with E-state index in [1.165, 1.54) is 7.05 Å². The molecule has 4 rings (SSSR count). The predicted molar refractivity (Wildman–Crippen MR) is 137 cm³/mol. The lowest BCUT2D eigenvalue weighted by molar-refractivity contribution is -0.117. The predicted octanol–water partition coefficient (Wildman–Crippen LogP) is 2.17. The summed E-state index contributed by atoms with van der Waals surface area (Å²) in [4.78, 5) is 38.7. The summed E-state index contributed by atoms with van der Waals surface area (Å²) in [7, 11) is 1.41. The smallest absolute Gasteiger partial charge is 0.275 e. The minimum absolute atomic E-state index is 0.0590. The summed E-state index contributed by atoms with van der Waals surface area (Å²) >= 11 is 0. The van der Waals surface area contributed by atoms with Gasteiger partial charge in [0, 0.05) is 43.9 Å². The van der Waals surface area contributed by atoms with Crippen LogP contribution in [-0.4, -0.2) is 48.7 Å². The first kappa shape index (κ1) is 24.3. The lowest BCUT2D eigenvalue weighted by atomic mass is 10.1. The lowest BCUT2D eigenvalue weighted by Gasteiger charge is -2.11. The van der Waals surface area contributed by atoms with E-state index in [0.717, 1.165) is 30.4 Å². The monoisotopic (exact) mass is 485 g/mol. The molecule has 0 fully saturated rings. The highest BCUT2D eigenvalue weighted by Gasteiger charge is 2.23. The van der Waals surface area contributed by atoms with E-state index in [9.17, 15) is 9.59 Å². The Morgan fingerprint density at radius 2 is 1.89 bits per heavy atom. The van der Waals surface area contributed by atoms with E-state index >= 15 is 0 Å². The number of benzene rings is 1. The highest BCUT2D eigenvalue weighted by molar-refractivity contribution is 6.53. The van der Waals surface area contributed by atoms with E-state index in [4.69, 9.17) is 5.73 Å². The summed E-state index contributed by atoms with van der Waals surface area (Å²) in [5.74, 6) is -0.487. The van der Waals surface area contributed by atoms with Crippen LogP contribution in [0.5, 0.6) is 0 Å². The number of nitrogens with two attached hydrogens (primary N) is 1. The topological polar surface area (TPSA) is 145 Å². The molecule has 0 aliphatic carbocycles. The van der Waals surface area contributed by atoms with Gasteiger partial charge < -0.3 is 16.4 Å². The Hall–Kier alpha value is -4.80. The molecule has 3 aromatic heterocycles. The molecule has 2 amide bonds. The molecule has 4 N–H and O–H groups in total. The molecule has 36 heavy (non-hydrogen) atoms. The van der Waals surface area contributed by atoms with Crippen LogP contribution in [0.4, 0.5) is 5.82 Å². The van der Waals surface area contributed by atoms with Crippen molar-refractivity contribution < 1.29 is 9.59 Å². The van der Waals surface area contributed by atoms with Gasteiger partial charge in [0.25, 0.3) is 11.8 Å². The second-order valence-electron chi connectivity index (χ2n) is 7.87. The molecular weight excluding hydrogens is 458 g/mol. The Morgan fingerprint density at radius 1 is 1.08 bits per heavy atom. The Kier molecular flexibility index (Phi) is 7.49. The number of hydrogen-bond donors (Lipinski definition) is 3. The van der Waals surface area contributed by atoms with Crippen molar-refractivity contribution in [3.63, 3.8) is 0 Å². The molecule has 0 aliphatic heterocycles. The summed E-state index contributed by atoms with van der Waals surface area (Å²) in [5, 5.41) is 9.78. The average molecular weight is 486 g/mol. The SMILES string of the molecule is CCCn1ccc(CNC(=O)C(=CN)C(=NC)C(=O)Nc2ccn3cc(-c4ccccc4)nc3n2)n1. The maximum atomic E-state index is 13.0. The molecule has 0 saturated heterocycles. The number of aliphatic imine (C=N–C) groups is 1. The van der Waals surface area contributed by atoms with E-state index in [1.54, 1.807) is 21.3 Å². The number of carbonyl (C=O) groups excluding carboxylic acids is 2. The van der Waals surface area contributed by atoms with Gasteiger partial charge in [-0.1, -0.05) is 37.3 Å². The third-order valence-corrected chi connectivity index (χ3v) is 5.32. The van der Waals surface area contributed by atoms with Crippen molar-refractivity contribution in [2.45, 2.75) is 26.4 Å². The first-order chi connectivity index (χ1) is 17.5. The number of aromatic nitrogens is 5. The Labute approximate surface area is 207 Å². The fourth-order valence-electron chi connectivity index (χ4n) is 3.59. The van der Waals surface area contributed by atoms with Crippen LogP contribution < -0.4 is 16.4 Å². The average Bonchev–Trinajstić information content (AvgIpc) is 3.53. The van der Waals surface area contributed by atoms with E-state index in [-0.39, 0.29) is 23.6 Å². The molecule has 184 valence electrons. The number of nitrogens with one attached hydrogen (secondary N) is 2. The largest absolute Gasteiger partial charge is 0.404 e. The zero-order chi connectivity index (χ0) is 25.5. The van der Waals surface area contributed by atoms with Gasteiger partial charge in [-0.3, -0.25) is 23.7 Å². The summed E-state index contributed by atoms with van der Waals surface area (Å²) in [6, 6.07) is 13.2. The van der Waals surface area contributed by atoms with Gasteiger partial charge in [0.05, 0.1) is 23.5 Å². The standard InChI is InChI=1S/C25H27N9O2/c1-3-11-34-13-9-18(32-34)15-28-23(35)19(14-26)22(27-2)24(36)30-21-10-12-33-16-20(29-25(33)31-21)17-7-5-4-6-8-17/h4-10,12-14,16H,3,11,15,26H2,1-2H3,(H,28,35)(H,29,30,31,36). The minimum atomic E-state index is -0.622. The molecule has 11 nitrogen and oxygen atoms in total. The van der Waals surface area contributed by atoms with Gasteiger partial charge in [-0.25, -0.2) is 4.98 Å². The fourth-order valence-corrected chi connectivity index (χ4v) is 3.59. The number of carbonyl (C=O) groups is 2. The number of rotatable bonds is 9. The van der Waals surface area contributed by atoms with Crippen molar-refractivity contribution in [2.24, 2.45) is 10.7 Å². The number of hydrogen-bond acceptors (Lipinski definition) is 7. The minimum Gasteiger partial charge on any atom is -0.404 e. The third-order valence-electron chi connectivity index (χ3n) is 5.32. The number of imidazole rings is 1. The van der Waals surface area contributed by atoms with Gasteiger partial charge in [0.1, 0.15) is 11.5 Å². The molecule has 0 atom stereocenters. The van der Waals surface area contributed by atoms with Gasteiger partial charge >= 0.3 is 0 Å². The summed E-state index contributed by atoms with van der Waals surface area (Å²) in [6.07, 6.45) is 7.46. The summed E-state index contributed by atoms with van der Waals surface area (Å²) < 4.78 is 3.56. The summed E-state index contributed by atoms with van der Waals surface area (Å²) in [6.45, 7) is 3.04.